The van der Waals surface area contributed by atoms with Crippen LogP contribution in [-0.4, -0.2) is 32.4 Å². The maximum atomic E-state index is 11.5. The third kappa shape index (κ3) is 3.54. The fraction of sp³-hybridized carbons (Fsp3) is 0.316. The van der Waals surface area contributed by atoms with Crippen LogP contribution in [0.3, 0.4) is 0 Å². The van der Waals surface area contributed by atoms with E-state index in [-0.39, 0.29) is 0 Å². The van der Waals surface area contributed by atoms with Crippen molar-refractivity contribution in [2.24, 2.45) is 0 Å². The molecular weight excluding hydrogens is 368 g/mol. The highest BCUT2D eigenvalue weighted by molar-refractivity contribution is 8.01. The van der Waals surface area contributed by atoms with Crippen molar-refractivity contribution in [1.29, 1.82) is 0 Å². The van der Waals surface area contributed by atoms with Gasteiger partial charge in [0.2, 0.25) is 0 Å². The molecule has 3 aromatic rings. The molecule has 2 heterocycles. The van der Waals surface area contributed by atoms with E-state index in [0.717, 1.165) is 32.0 Å². The van der Waals surface area contributed by atoms with Gasteiger partial charge in [-0.15, -0.1) is 11.3 Å². The highest BCUT2D eigenvalue weighted by Crippen LogP contribution is 2.44. The molecule has 0 fully saturated rings. The normalized spacial score (nSPS) is 11.7. The molecule has 0 bridgehead atoms. The first-order chi connectivity index (χ1) is 12.3. The minimum Gasteiger partial charge on any atom is -0.494 e. The number of carboxylic acids is 1. The highest BCUT2D eigenvalue weighted by Gasteiger charge is 2.31. The third-order valence-electron chi connectivity index (χ3n) is 3.95. The van der Waals surface area contributed by atoms with Crippen LogP contribution < -0.4 is 4.74 Å². The second-order valence-electron chi connectivity index (χ2n) is 6.27. The number of rotatable bonds is 6. The Morgan fingerprint density at radius 3 is 2.58 bits per heavy atom. The average molecular weight is 389 g/mol. The largest absolute Gasteiger partial charge is 0.494 e. The number of ether oxygens (including phenoxy) is 1. The van der Waals surface area contributed by atoms with Crippen molar-refractivity contribution in [3.8, 4) is 16.9 Å². The molecule has 26 heavy (non-hydrogen) atoms. The lowest BCUT2D eigenvalue weighted by Crippen LogP contribution is -2.27. The van der Waals surface area contributed by atoms with Crippen molar-refractivity contribution >= 4 is 39.3 Å². The van der Waals surface area contributed by atoms with Crippen LogP contribution >= 0.6 is 23.1 Å². The van der Waals surface area contributed by atoms with Crippen LogP contribution in [0, 0.1) is 6.92 Å². The summed E-state index contributed by atoms with van der Waals surface area (Å²) in [7, 11) is 0. The molecule has 0 atom stereocenters. The molecule has 3 rings (SSSR count). The van der Waals surface area contributed by atoms with Gasteiger partial charge in [-0.3, -0.25) is 4.79 Å². The molecule has 2 aromatic heterocycles. The number of benzene rings is 1. The molecule has 0 saturated heterocycles. The molecule has 0 amide bonds. The number of fused-ring (bicyclic) bond motifs is 1. The molecule has 0 radical (unpaired) electrons. The van der Waals surface area contributed by atoms with E-state index in [1.807, 2.05) is 31.2 Å². The van der Waals surface area contributed by atoms with E-state index in [0.29, 0.717) is 11.6 Å². The van der Waals surface area contributed by atoms with Crippen LogP contribution in [0.1, 0.15) is 25.6 Å². The lowest BCUT2D eigenvalue weighted by molar-refractivity contribution is -0.138. The number of aliphatic carboxylic acids is 1. The first-order valence-electron chi connectivity index (χ1n) is 8.23. The van der Waals surface area contributed by atoms with Gasteiger partial charge in [-0.1, -0.05) is 23.9 Å². The molecule has 0 aliphatic heterocycles. The number of thioether (sulfide) groups is 1. The number of thiophene rings is 1. The Bertz CT molecular complexity index is 949. The SMILES string of the molecule is CCOc1ccc(-c2c(C)sc3ncnc(SC(C)(C)C(=O)O)c23)cc1. The predicted octanol–water partition coefficient (Wildman–Crippen LogP) is 5.02. The molecule has 5 nitrogen and oxygen atoms in total. The Hall–Kier alpha value is -2.12. The Labute approximate surface area is 160 Å². The second-order valence-corrected chi connectivity index (χ2v) is 9.08. The van der Waals surface area contributed by atoms with Gasteiger partial charge in [0.1, 0.15) is 26.7 Å². The molecule has 0 spiro atoms. The maximum absolute atomic E-state index is 11.5. The molecule has 0 aliphatic rings. The van der Waals surface area contributed by atoms with E-state index in [9.17, 15) is 9.90 Å². The maximum Gasteiger partial charge on any atom is 0.319 e. The van der Waals surface area contributed by atoms with E-state index in [4.69, 9.17) is 4.74 Å². The Morgan fingerprint density at radius 1 is 1.27 bits per heavy atom. The van der Waals surface area contributed by atoms with E-state index in [1.54, 1.807) is 25.2 Å². The van der Waals surface area contributed by atoms with Gasteiger partial charge in [0.05, 0.1) is 12.0 Å². The van der Waals surface area contributed by atoms with Crippen molar-refractivity contribution in [1.82, 2.24) is 9.97 Å². The second kappa shape index (κ2) is 7.25. The summed E-state index contributed by atoms with van der Waals surface area (Å²) >= 11 is 2.84. The smallest absolute Gasteiger partial charge is 0.319 e. The Kier molecular flexibility index (Phi) is 5.20. The zero-order valence-corrected chi connectivity index (χ0v) is 16.7. The van der Waals surface area contributed by atoms with Crippen molar-refractivity contribution in [2.45, 2.75) is 37.5 Å². The van der Waals surface area contributed by atoms with Gasteiger partial charge in [0.25, 0.3) is 0 Å². The van der Waals surface area contributed by atoms with Gasteiger partial charge < -0.3 is 9.84 Å². The van der Waals surface area contributed by atoms with Crippen molar-refractivity contribution in [3.63, 3.8) is 0 Å². The van der Waals surface area contributed by atoms with Crippen LogP contribution in [-0.2, 0) is 4.79 Å². The quantitative estimate of drug-likeness (QED) is 0.472. The summed E-state index contributed by atoms with van der Waals surface area (Å²) in [6.45, 7) is 8.00. The predicted molar refractivity (Wildman–Crippen MR) is 106 cm³/mol. The number of aryl methyl sites for hydroxylation is 1. The zero-order chi connectivity index (χ0) is 18.9. The van der Waals surface area contributed by atoms with Crippen LogP contribution in [0.5, 0.6) is 5.75 Å². The molecule has 0 aliphatic carbocycles. The molecule has 7 heteroatoms. The molecule has 0 saturated carbocycles. The molecule has 136 valence electrons. The number of hydrogen-bond donors (Lipinski definition) is 1. The highest BCUT2D eigenvalue weighted by atomic mass is 32.2. The lowest BCUT2D eigenvalue weighted by atomic mass is 10.0. The van der Waals surface area contributed by atoms with E-state index in [1.165, 1.54) is 18.1 Å². The summed E-state index contributed by atoms with van der Waals surface area (Å²) in [5, 5.41) is 11.1. The molecule has 1 N–H and O–H groups in total. The summed E-state index contributed by atoms with van der Waals surface area (Å²) < 4.78 is 4.54. The van der Waals surface area contributed by atoms with Crippen molar-refractivity contribution < 1.29 is 14.6 Å². The number of nitrogens with zero attached hydrogens (tertiary/aromatic N) is 2. The summed E-state index contributed by atoms with van der Waals surface area (Å²) in [5.74, 6) is -0.0462. The summed E-state index contributed by atoms with van der Waals surface area (Å²) in [5.41, 5.74) is 2.10. The standard InChI is InChI=1S/C19H20N2O3S2/c1-5-24-13-8-6-12(7-9-13)14-11(2)25-16-15(14)17(21-10-20-16)26-19(3,4)18(22)23/h6-10H,5H2,1-4H3,(H,22,23). The zero-order valence-electron chi connectivity index (χ0n) is 15.1. The summed E-state index contributed by atoms with van der Waals surface area (Å²) in [6.07, 6.45) is 1.50. The average Bonchev–Trinajstić information content (AvgIpc) is 2.92. The molecule has 1 aromatic carbocycles. The van der Waals surface area contributed by atoms with Gasteiger partial charge in [0, 0.05) is 10.4 Å². The van der Waals surface area contributed by atoms with Crippen molar-refractivity contribution in [2.75, 3.05) is 6.61 Å². The van der Waals surface area contributed by atoms with Crippen LogP contribution in [0.2, 0.25) is 0 Å². The van der Waals surface area contributed by atoms with E-state index < -0.39 is 10.7 Å². The van der Waals surface area contributed by atoms with Gasteiger partial charge >= 0.3 is 5.97 Å². The lowest BCUT2D eigenvalue weighted by Gasteiger charge is -2.18. The fourth-order valence-corrected chi connectivity index (χ4v) is 4.66. The first kappa shape index (κ1) is 18.7. The minimum absolute atomic E-state index is 0.624. The van der Waals surface area contributed by atoms with Crippen molar-refractivity contribution in [3.05, 3.63) is 35.5 Å². The molecule has 0 unspecified atom stereocenters. The van der Waals surface area contributed by atoms with Gasteiger partial charge in [0.15, 0.2) is 0 Å². The Balaban J connectivity index is 2.13. The summed E-state index contributed by atoms with van der Waals surface area (Å²) in [4.78, 5) is 22.3. The van der Waals surface area contributed by atoms with Crippen LogP contribution in [0.4, 0.5) is 0 Å². The van der Waals surface area contributed by atoms with E-state index >= 15 is 0 Å². The van der Waals surface area contributed by atoms with Crippen LogP contribution in [0.25, 0.3) is 21.3 Å². The summed E-state index contributed by atoms with van der Waals surface area (Å²) in [6, 6.07) is 7.92. The Morgan fingerprint density at radius 2 is 1.96 bits per heavy atom. The third-order valence-corrected chi connectivity index (χ3v) is 6.15. The number of carbonyl (C=O) groups is 1. The topological polar surface area (TPSA) is 72.3 Å². The fourth-order valence-electron chi connectivity index (χ4n) is 2.61. The van der Waals surface area contributed by atoms with Gasteiger partial charge in [-0.05, 0) is 45.4 Å². The number of carboxylic acid groups (broad SMARTS) is 1. The minimum atomic E-state index is -0.979. The van der Waals surface area contributed by atoms with E-state index in [2.05, 4.69) is 16.9 Å². The number of aromatic nitrogens is 2. The monoisotopic (exact) mass is 388 g/mol. The molecular formula is C19H20N2O3S2. The number of hydrogen-bond acceptors (Lipinski definition) is 6. The van der Waals surface area contributed by atoms with Gasteiger partial charge in [-0.2, -0.15) is 0 Å². The van der Waals surface area contributed by atoms with Crippen LogP contribution in [0.15, 0.2) is 35.6 Å². The van der Waals surface area contributed by atoms with Gasteiger partial charge in [-0.25, -0.2) is 9.97 Å². The first-order valence-corrected chi connectivity index (χ1v) is 9.86.